The molecule has 3 aromatic carbocycles. The lowest BCUT2D eigenvalue weighted by Crippen LogP contribution is -2.50. The molecule has 41 heavy (non-hydrogen) atoms. The molecule has 0 radical (unpaired) electrons. The summed E-state index contributed by atoms with van der Waals surface area (Å²) in [4.78, 5) is 45.1. The lowest BCUT2D eigenvalue weighted by atomic mass is 9.76. The maximum absolute atomic E-state index is 14.2. The summed E-state index contributed by atoms with van der Waals surface area (Å²) in [6.07, 6.45) is 3.09. The van der Waals surface area contributed by atoms with Crippen molar-refractivity contribution >= 4 is 57.1 Å². The molecule has 2 amide bonds. The second-order valence-electron chi connectivity index (χ2n) is 12.0. The summed E-state index contributed by atoms with van der Waals surface area (Å²) >= 11 is 2.25. The number of carbonyl (C=O) groups excluding carboxylic acids is 3. The standard InChI is InChI=1S/C35H39IN2O3/c1-24-13-15-26(16-14-24)25(2)22-30(39)23-31(35(3,4)5)33(40)37-21-9-12-32(37)34(41)38(28-10-7-6-8-11-28)29-19-17-27(36)18-20-29/h6-8,10-11,13-20,22,31-32H,9,12,21,23H2,1-5H3/b25-22+/t31-,32+/m1/s1. The fourth-order valence-electron chi connectivity index (χ4n) is 5.37. The fraction of sp³-hybridized carbons (Fsp3) is 0.343. The number of benzene rings is 3. The van der Waals surface area contributed by atoms with Gasteiger partial charge in [-0.2, -0.15) is 0 Å². The van der Waals surface area contributed by atoms with Gasteiger partial charge in [-0.3, -0.25) is 19.3 Å². The molecule has 1 saturated heterocycles. The Hall–Kier alpha value is -3.26. The Kier molecular flexibility index (Phi) is 9.84. The first-order valence-corrected chi connectivity index (χ1v) is 15.3. The summed E-state index contributed by atoms with van der Waals surface area (Å²) in [6, 6.07) is 24.9. The lowest BCUT2D eigenvalue weighted by Gasteiger charge is -2.36. The number of para-hydroxylation sites is 1. The largest absolute Gasteiger partial charge is 0.330 e. The Labute approximate surface area is 257 Å². The molecule has 1 aliphatic rings. The molecule has 4 rings (SSSR count). The van der Waals surface area contributed by atoms with Crippen molar-refractivity contribution < 1.29 is 14.4 Å². The van der Waals surface area contributed by atoms with E-state index in [9.17, 15) is 14.4 Å². The third-order valence-electron chi connectivity index (χ3n) is 7.77. The molecular formula is C35H39IN2O3. The lowest BCUT2D eigenvalue weighted by molar-refractivity contribution is -0.145. The number of aryl methyl sites for hydroxylation is 1. The van der Waals surface area contributed by atoms with Gasteiger partial charge < -0.3 is 4.90 Å². The van der Waals surface area contributed by atoms with Gasteiger partial charge in [0, 0.05) is 27.9 Å². The van der Waals surface area contributed by atoms with E-state index in [2.05, 4.69) is 22.6 Å². The van der Waals surface area contributed by atoms with Gasteiger partial charge >= 0.3 is 0 Å². The molecule has 1 fully saturated rings. The van der Waals surface area contributed by atoms with E-state index in [-0.39, 0.29) is 24.0 Å². The molecule has 214 valence electrons. The summed E-state index contributed by atoms with van der Waals surface area (Å²) in [5, 5.41) is 0. The molecule has 2 atom stereocenters. The number of nitrogens with zero attached hydrogens (tertiary/aromatic N) is 2. The van der Waals surface area contributed by atoms with Gasteiger partial charge in [0.15, 0.2) is 5.78 Å². The molecule has 0 N–H and O–H groups in total. The summed E-state index contributed by atoms with van der Waals surface area (Å²) in [6.45, 7) is 10.4. The first kappa shape index (κ1) is 30.7. The summed E-state index contributed by atoms with van der Waals surface area (Å²) < 4.78 is 1.08. The Morgan fingerprint density at radius 3 is 2.17 bits per heavy atom. The van der Waals surface area contributed by atoms with Crippen LogP contribution in [0.4, 0.5) is 11.4 Å². The van der Waals surface area contributed by atoms with Gasteiger partial charge in [-0.05, 0) is 108 Å². The summed E-state index contributed by atoms with van der Waals surface area (Å²) in [5.74, 6) is -0.881. The number of hydrogen-bond acceptors (Lipinski definition) is 3. The average molecular weight is 663 g/mol. The van der Waals surface area contributed by atoms with Crippen molar-refractivity contribution in [2.45, 2.75) is 59.9 Å². The van der Waals surface area contributed by atoms with E-state index in [4.69, 9.17) is 0 Å². The molecule has 5 nitrogen and oxygen atoms in total. The van der Waals surface area contributed by atoms with E-state index in [0.29, 0.717) is 13.0 Å². The minimum atomic E-state index is -0.591. The van der Waals surface area contributed by atoms with Gasteiger partial charge in [0.2, 0.25) is 5.91 Å². The van der Waals surface area contributed by atoms with Crippen LogP contribution < -0.4 is 4.90 Å². The van der Waals surface area contributed by atoms with Crippen LogP contribution in [0.3, 0.4) is 0 Å². The normalized spacial score (nSPS) is 16.4. The smallest absolute Gasteiger partial charge is 0.254 e. The predicted octanol–water partition coefficient (Wildman–Crippen LogP) is 7.98. The zero-order chi connectivity index (χ0) is 29.7. The van der Waals surface area contributed by atoms with E-state index in [0.717, 1.165) is 38.1 Å². The molecule has 0 aliphatic carbocycles. The molecular weight excluding hydrogens is 623 g/mol. The third-order valence-corrected chi connectivity index (χ3v) is 8.49. The summed E-state index contributed by atoms with van der Waals surface area (Å²) in [7, 11) is 0. The van der Waals surface area contributed by atoms with Crippen molar-refractivity contribution in [3.8, 4) is 0 Å². The first-order chi connectivity index (χ1) is 19.5. The van der Waals surface area contributed by atoms with Gasteiger partial charge in [-0.15, -0.1) is 0 Å². The highest BCUT2D eigenvalue weighted by atomic mass is 127. The minimum Gasteiger partial charge on any atom is -0.330 e. The van der Waals surface area contributed by atoms with Crippen LogP contribution in [0.15, 0.2) is 84.9 Å². The van der Waals surface area contributed by atoms with Gasteiger partial charge in [0.25, 0.3) is 5.91 Å². The van der Waals surface area contributed by atoms with Crippen LogP contribution in [-0.4, -0.2) is 35.1 Å². The number of anilines is 2. The van der Waals surface area contributed by atoms with Crippen LogP contribution in [0.5, 0.6) is 0 Å². The van der Waals surface area contributed by atoms with Crippen LogP contribution in [-0.2, 0) is 14.4 Å². The van der Waals surface area contributed by atoms with Crippen LogP contribution in [0.2, 0.25) is 0 Å². The van der Waals surface area contributed by atoms with Crippen LogP contribution in [0.25, 0.3) is 5.57 Å². The predicted molar refractivity (Wildman–Crippen MR) is 175 cm³/mol. The molecule has 1 heterocycles. The highest BCUT2D eigenvalue weighted by Crippen LogP contribution is 2.36. The Morgan fingerprint density at radius 2 is 1.56 bits per heavy atom. The van der Waals surface area contributed by atoms with Crippen molar-refractivity contribution in [2.75, 3.05) is 11.4 Å². The number of ketones is 1. The number of rotatable bonds is 8. The minimum absolute atomic E-state index is 0.0803. The highest BCUT2D eigenvalue weighted by Gasteiger charge is 2.43. The van der Waals surface area contributed by atoms with Crippen LogP contribution in [0.1, 0.15) is 58.1 Å². The maximum atomic E-state index is 14.2. The second-order valence-corrected chi connectivity index (χ2v) is 13.2. The molecule has 0 saturated carbocycles. The topological polar surface area (TPSA) is 57.7 Å². The van der Waals surface area contributed by atoms with Crippen molar-refractivity contribution in [1.29, 1.82) is 0 Å². The number of halogens is 1. The Bertz CT molecular complexity index is 1410. The van der Waals surface area contributed by atoms with Crippen molar-refractivity contribution in [3.05, 3.63) is 99.6 Å². The average Bonchev–Trinajstić information content (AvgIpc) is 3.43. The Morgan fingerprint density at radius 1 is 0.951 bits per heavy atom. The number of likely N-dealkylation sites (tertiary alicyclic amines) is 1. The first-order valence-electron chi connectivity index (χ1n) is 14.2. The number of carbonyl (C=O) groups is 3. The number of hydrogen-bond donors (Lipinski definition) is 0. The van der Waals surface area contributed by atoms with Gasteiger partial charge in [-0.1, -0.05) is 68.8 Å². The molecule has 6 heteroatoms. The van der Waals surface area contributed by atoms with Crippen molar-refractivity contribution in [1.82, 2.24) is 4.90 Å². The zero-order valence-electron chi connectivity index (χ0n) is 24.6. The van der Waals surface area contributed by atoms with Crippen LogP contribution in [0, 0.1) is 21.8 Å². The number of amides is 2. The van der Waals surface area contributed by atoms with Crippen molar-refractivity contribution in [2.24, 2.45) is 11.3 Å². The van der Waals surface area contributed by atoms with E-state index in [1.165, 1.54) is 0 Å². The quantitative estimate of drug-likeness (QED) is 0.182. The monoisotopic (exact) mass is 662 g/mol. The van der Waals surface area contributed by atoms with Crippen LogP contribution >= 0.6 is 22.6 Å². The molecule has 0 aromatic heterocycles. The molecule has 0 bridgehead atoms. The number of allylic oxidation sites excluding steroid dienone is 2. The fourth-order valence-corrected chi connectivity index (χ4v) is 5.73. The molecule has 3 aromatic rings. The molecule has 0 unspecified atom stereocenters. The second kappa shape index (κ2) is 13.1. The van der Waals surface area contributed by atoms with Crippen molar-refractivity contribution in [3.63, 3.8) is 0 Å². The van der Waals surface area contributed by atoms with Gasteiger partial charge in [-0.25, -0.2) is 0 Å². The Balaban J connectivity index is 1.59. The summed E-state index contributed by atoms with van der Waals surface area (Å²) in [5.41, 5.74) is 4.10. The van der Waals surface area contributed by atoms with E-state index >= 15 is 0 Å². The van der Waals surface area contributed by atoms with E-state index < -0.39 is 17.4 Å². The maximum Gasteiger partial charge on any atom is 0.254 e. The highest BCUT2D eigenvalue weighted by molar-refractivity contribution is 14.1. The SMILES string of the molecule is C/C(=C\C(=O)C[C@H](C(=O)N1CCC[C@H]1C(=O)N(c1ccccc1)c1ccc(I)cc1)C(C)(C)C)c1ccc(C)cc1. The van der Waals surface area contributed by atoms with Gasteiger partial charge in [0.1, 0.15) is 6.04 Å². The molecule has 0 spiro atoms. The van der Waals surface area contributed by atoms with E-state index in [1.54, 1.807) is 15.9 Å². The molecule has 1 aliphatic heterocycles. The zero-order valence-corrected chi connectivity index (χ0v) is 26.7. The third kappa shape index (κ3) is 7.53. The van der Waals surface area contributed by atoms with E-state index in [1.807, 2.05) is 113 Å². The van der Waals surface area contributed by atoms with Gasteiger partial charge in [0.05, 0.1) is 5.92 Å².